The number of nitrogens with one attached hydrogen (secondary N) is 1. The topological polar surface area (TPSA) is 24.9 Å². The average Bonchev–Trinajstić information content (AvgIpc) is 3.06. The van der Waals surface area contributed by atoms with Gasteiger partial charge in [-0.2, -0.15) is 0 Å². The Morgan fingerprint density at radius 3 is 2.81 bits per heavy atom. The first-order valence-electron chi connectivity index (χ1n) is 6.54. The van der Waals surface area contributed by atoms with Crippen LogP contribution in [0.2, 0.25) is 0 Å². The molecule has 0 bridgehead atoms. The SMILES string of the molecule is CCCCNCc1sc(C2CC2)nc1CC. The van der Waals surface area contributed by atoms with Gasteiger partial charge < -0.3 is 5.32 Å². The highest BCUT2D eigenvalue weighted by Crippen LogP contribution is 2.42. The highest BCUT2D eigenvalue weighted by molar-refractivity contribution is 7.11. The van der Waals surface area contributed by atoms with E-state index >= 15 is 0 Å². The highest BCUT2D eigenvalue weighted by atomic mass is 32.1. The molecule has 90 valence electrons. The molecule has 3 heteroatoms. The Morgan fingerprint density at radius 1 is 1.38 bits per heavy atom. The van der Waals surface area contributed by atoms with Crippen molar-refractivity contribution in [2.75, 3.05) is 6.54 Å². The predicted octanol–water partition coefficient (Wildman–Crippen LogP) is 3.47. The number of aryl methyl sites for hydroxylation is 1. The van der Waals surface area contributed by atoms with Crippen molar-refractivity contribution >= 4 is 11.3 Å². The van der Waals surface area contributed by atoms with E-state index in [1.807, 2.05) is 11.3 Å². The zero-order chi connectivity index (χ0) is 11.4. The summed E-state index contributed by atoms with van der Waals surface area (Å²) in [6.07, 6.45) is 6.34. The van der Waals surface area contributed by atoms with Crippen LogP contribution in [0, 0.1) is 0 Å². The minimum atomic E-state index is 0.805. The molecule has 0 aliphatic heterocycles. The summed E-state index contributed by atoms with van der Waals surface area (Å²) >= 11 is 1.94. The Hall–Kier alpha value is -0.410. The number of nitrogens with zero attached hydrogens (tertiary/aromatic N) is 1. The Bertz CT molecular complexity index is 329. The summed E-state index contributed by atoms with van der Waals surface area (Å²) in [5, 5.41) is 4.91. The summed E-state index contributed by atoms with van der Waals surface area (Å²) in [6, 6.07) is 0. The van der Waals surface area contributed by atoms with Gasteiger partial charge in [-0.1, -0.05) is 20.3 Å². The molecule has 1 aromatic heterocycles. The van der Waals surface area contributed by atoms with Gasteiger partial charge in [0.2, 0.25) is 0 Å². The second kappa shape index (κ2) is 5.78. The lowest BCUT2D eigenvalue weighted by Gasteiger charge is -2.02. The molecule has 1 aliphatic rings. The first-order chi connectivity index (χ1) is 7.85. The number of thiazole rings is 1. The first kappa shape index (κ1) is 12.1. The van der Waals surface area contributed by atoms with Crippen LogP contribution in [0.5, 0.6) is 0 Å². The molecule has 1 N–H and O–H groups in total. The molecule has 0 radical (unpaired) electrons. The molecule has 2 rings (SSSR count). The monoisotopic (exact) mass is 238 g/mol. The molecular weight excluding hydrogens is 216 g/mol. The van der Waals surface area contributed by atoms with E-state index in [1.54, 1.807) is 0 Å². The van der Waals surface area contributed by atoms with E-state index in [-0.39, 0.29) is 0 Å². The third-order valence-corrected chi connectivity index (χ3v) is 4.31. The minimum Gasteiger partial charge on any atom is -0.312 e. The normalized spacial score (nSPS) is 15.6. The van der Waals surface area contributed by atoms with Crippen molar-refractivity contribution in [3.8, 4) is 0 Å². The van der Waals surface area contributed by atoms with Crippen molar-refractivity contribution in [3.63, 3.8) is 0 Å². The van der Waals surface area contributed by atoms with Gasteiger partial charge in [0.1, 0.15) is 0 Å². The van der Waals surface area contributed by atoms with Crippen molar-refractivity contribution in [2.45, 2.75) is 58.4 Å². The van der Waals surface area contributed by atoms with Gasteiger partial charge in [0.25, 0.3) is 0 Å². The Labute approximate surface area is 102 Å². The smallest absolute Gasteiger partial charge is 0.0962 e. The summed E-state index contributed by atoms with van der Waals surface area (Å²) in [7, 11) is 0. The zero-order valence-corrected chi connectivity index (χ0v) is 11.2. The van der Waals surface area contributed by atoms with Gasteiger partial charge in [-0.3, -0.25) is 0 Å². The molecule has 1 aliphatic carbocycles. The second-order valence-corrected chi connectivity index (χ2v) is 5.70. The third kappa shape index (κ3) is 3.05. The largest absolute Gasteiger partial charge is 0.312 e. The molecule has 2 nitrogen and oxygen atoms in total. The summed E-state index contributed by atoms with van der Waals surface area (Å²) < 4.78 is 0. The van der Waals surface area contributed by atoms with E-state index in [4.69, 9.17) is 4.98 Å². The molecule has 16 heavy (non-hydrogen) atoms. The van der Waals surface area contributed by atoms with Crippen LogP contribution < -0.4 is 5.32 Å². The first-order valence-corrected chi connectivity index (χ1v) is 7.36. The van der Waals surface area contributed by atoms with Crippen LogP contribution in [0.1, 0.15) is 61.0 Å². The van der Waals surface area contributed by atoms with Crippen molar-refractivity contribution in [1.82, 2.24) is 10.3 Å². The lowest BCUT2D eigenvalue weighted by Crippen LogP contribution is -2.14. The molecular formula is C13H22N2S. The van der Waals surface area contributed by atoms with Crippen LogP contribution in [-0.4, -0.2) is 11.5 Å². The predicted molar refractivity (Wildman–Crippen MR) is 70.1 cm³/mol. The molecule has 1 aromatic rings. The molecule has 0 atom stereocenters. The number of hydrogen-bond acceptors (Lipinski definition) is 3. The maximum Gasteiger partial charge on any atom is 0.0962 e. The number of hydrogen-bond donors (Lipinski definition) is 1. The van der Waals surface area contributed by atoms with E-state index in [9.17, 15) is 0 Å². The molecule has 0 unspecified atom stereocenters. The number of aromatic nitrogens is 1. The van der Waals surface area contributed by atoms with E-state index in [1.165, 1.54) is 41.3 Å². The fraction of sp³-hybridized carbons (Fsp3) is 0.769. The fourth-order valence-electron chi connectivity index (χ4n) is 1.83. The fourth-order valence-corrected chi connectivity index (χ4v) is 3.12. The summed E-state index contributed by atoms with van der Waals surface area (Å²) in [5.74, 6) is 0.805. The Balaban J connectivity index is 1.90. The van der Waals surface area contributed by atoms with Crippen molar-refractivity contribution in [1.29, 1.82) is 0 Å². The lowest BCUT2D eigenvalue weighted by molar-refractivity contribution is 0.642. The number of unbranched alkanes of at least 4 members (excludes halogenated alkanes) is 1. The number of rotatable bonds is 7. The van der Waals surface area contributed by atoms with Crippen LogP contribution in [0.3, 0.4) is 0 Å². The van der Waals surface area contributed by atoms with Crippen LogP contribution in [-0.2, 0) is 13.0 Å². The Morgan fingerprint density at radius 2 is 2.19 bits per heavy atom. The molecule has 0 saturated heterocycles. The van der Waals surface area contributed by atoms with Crippen LogP contribution in [0.15, 0.2) is 0 Å². The van der Waals surface area contributed by atoms with Crippen molar-refractivity contribution in [2.24, 2.45) is 0 Å². The zero-order valence-electron chi connectivity index (χ0n) is 10.4. The molecule has 0 amide bonds. The van der Waals surface area contributed by atoms with Gasteiger partial charge in [-0.05, 0) is 32.2 Å². The van der Waals surface area contributed by atoms with Gasteiger partial charge in [-0.25, -0.2) is 4.98 Å². The van der Waals surface area contributed by atoms with Crippen LogP contribution in [0.25, 0.3) is 0 Å². The van der Waals surface area contributed by atoms with E-state index in [0.29, 0.717) is 0 Å². The van der Waals surface area contributed by atoms with Gasteiger partial charge in [0, 0.05) is 17.3 Å². The Kier molecular flexibility index (Phi) is 4.36. The molecule has 0 spiro atoms. The van der Waals surface area contributed by atoms with E-state index in [0.717, 1.165) is 25.4 Å². The molecule has 1 heterocycles. The van der Waals surface area contributed by atoms with Gasteiger partial charge in [-0.15, -0.1) is 11.3 Å². The quantitative estimate of drug-likeness (QED) is 0.736. The minimum absolute atomic E-state index is 0.805. The molecule has 1 fully saturated rings. The average molecular weight is 238 g/mol. The van der Waals surface area contributed by atoms with E-state index < -0.39 is 0 Å². The van der Waals surface area contributed by atoms with Gasteiger partial charge >= 0.3 is 0 Å². The van der Waals surface area contributed by atoms with Crippen molar-refractivity contribution < 1.29 is 0 Å². The summed E-state index contributed by atoms with van der Waals surface area (Å²) in [5.41, 5.74) is 1.33. The van der Waals surface area contributed by atoms with E-state index in [2.05, 4.69) is 19.2 Å². The summed E-state index contributed by atoms with van der Waals surface area (Å²) in [4.78, 5) is 6.24. The molecule has 1 saturated carbocycles. The van der Waals surface area contributed by atoms with Gasteiger partial charge in [0.05, 0.1) is 10.7 Å². The van der Waals surface area contributed by atoms with Crippen LogP contribution in [0.4, 0.5) is 0 Å². The molecule has 0 aromatic carbocycles. The second-order valence-electron chi connectivity index (χ2n) is 4.58. The van der Waals surface area contributed by atoms with Gasteiger partial charge in [0.15, 0.2) is 0 Å². The maximum absolute atomic E-state index is 4.77. The van der Waals surface area contributed by atoms with Crippen molar-refractivity contribution in [3.05, 3.63) is 15.6 Å². The van der Waals surface area contributed by atoms with Crippen LogP contribution >= 0.6 is 11.3 Å². The highest BCUT2D eigenvalue weighted by Gasteiger charge is 2.27. The third-order valence-electron chi connectivity index (χ3n) is 3.05. The standard InChI is InChI=1S/C13H22N2S/c1-3-5-8-14-9-12-11(4-2)15-13(16-12)10-6-7-10/h10,14H,3-9H2,1-2H3. The maximum atomic E-state index is 4.77. The summed E-state index contributed by atoms with van der Waals surface area (Å²) in [6.45, 7) is 6.60. The lowest BCUT2D eigenvalue weighted by atomic mass is 10.3.